The lowest BCUT2D eigenvalue weighted by molar-refractivity contribution is -0.288. The van der Waals surface area contributed by atoms with Gasteiger partial charge >= 0.3 is 30.4 Å². The van der Waals surface area contributed by atoms with E-state index in [1.165, 1.54) is 36.4 Å². The van der Waals surface area contributed by atoms with Crippen molar-refractivity contribution in [2.24, 2.45) is 10.2 Å². The van der Waals surface area contributed by atoms with Crippen LogP contribution in [0.3, 0.4) is 0 Å². The summed E-state index contributed by atoms with van der Waals surface area (Å²) in [7, 11) is 0. The minimum absolute atomic E-state index is 0.0860. The summed E-state index contributed by atoms with van der Waals surface area (Å²) in [6.45, 7) is 0. The van der Waals surface area contributed by atoms with Gasteiger partial charge in [0.25, 0.3) is 0 Å². The molecule has 0 spiro atoms. The molecule has 0 amide bonds. The maximum atomic E-state index is 14.7. The molecule has 2 nitrogen and oxygen atoms in total. The van der Waals surface area contributed by atoms with Gasteiger partial charge in [0, 0.05) is 5.56 Å². The summed E-state index contributed by atoms with van der Waals surface area (Å²) in [6, 6.07) is 16.2. The van der Waals surface area contributed by atoms with E-state index in [4.69, 9.17) is 0 Å². The summed E-state index contributed by atoms with van der Waals surface area (Å²) in [4.78, 5) is 0. The third kappa shape index (κ3) is 4.99. The van der Waals surface area contributed by atoms with Gasteiger partial charge in [-0.25, -0.2) is 0 Å². The second kappa shape index (κ2) is 10.2. The molecule has 0 fully saturated rings. The average Bonchev–Trinajstić information content (AvgIpc) is 3.90. The SMILES string of the molecule is FC(F)(F)C1(c2ccc(-c3ccc(C(c4ccc(-c5ccc(C6(C(F)(F)F)N=N6)cc5)cc4)(C(F)(F)F)C(F)(F)F)cc3)cc2)C=C1. The zero-order valence-electron chi connectivity index (χ0n) is 23.3. The number of nitrogens with zero attached hydrogens (tertiary/aromatic N) is 2. The highest BCUT2D eigenvalue weighted by molar-refractivity contribution is 5.67. The fourth-order valence-corrected chi connectivity index (χ4v) is 5.71. The highest BCUT2D eigenvalue weighted by Crippen LogP contribution is 2.57. The zero-order valence-corrected chi connectivity index (χ0v) is 23.3. The molecular weight excluding hydrogens is 652 g/mol. The highest BCUT2D eigenvalue weighted by Gasteiger charge is 2.72. The number of halogens is 12. The van der Waals surface area contributed by atoms with E-state index in [9.17, 15) is 52.7 Å². The third-order valence-electron chi connectivity index (χ3n) is 8.47. The molecule has 47 heavy (non-hydrogen) atoms. The zero-order chi connectivity index (χ0) is 34.3. The van der Waals surface area contributed by atoms with E-state index in [-0.39, 0.29) is 33.4 Å². The Hall–Kier alpha value is -4.62. The molecule has 14 heteroatoms. The van der Waals surface area contributed by atoms with E-state index < -0.39 is 52.3 Å². The molecule has 6 rings (SSSR count). The summed E-state index contributed by atoms with van der Waals surface area (Å²) in [5.74, 6) is 0. The van der Waals surface area contributed by atoms with Crippen molar-refractivity contribution in [1.29, 1.82) is 0 Å². The van der Waals surface area contributed by atoms with Crippen molar-refractivity contribution in [2.75, 3.05) is 0 Å². The first kappa shape index (κ1) is 32.3. The molecule has 244 valence electrons. The monoisotopic (exact) mass is 670 g/mol. The van der Waals surface area contributed by atoms with E-state index in [1.54, 1.807) is 0 Å². The number of hydrogen-bond donors (Lipinski definition) is 0. The van der Waals surface area contributed by atoms with Gasteiger partial charge in [-0.05, 0) is 38.9 Å². The van der Waals surface area contributed by atoms with Gasteiger partial charge in [-0.1, -0.05) is 109 Å². The Bertz CT molecular complexity index is 1690. The maximum Gasteiger partial charge on any atom is 0.442 e. The van der Waals surface area contributed by atoms with Crippen LogP contribution in [0.2, 0.25) is 0 Å². The summed E-state index contributed by atoms with van der Waals surface area (Å²) < 4.78 is 168. The van der Waals surface area contributed by atoms with Gasteiger partial charge in [0.1, 0.15) is 5.41 Å². The summed E-state index contributed by atoms with van der Waals surface area (Å²) in [5.41, 5.74) is -11.3. The molecule has 1 aliphatic carbocycles. The molecule has 0 radical (unpaired) electrons. The normalized spacial score (nSPS) is 17.1. The number of rotatable bonds is 6. The van der Waals surface area contributed by atoms with Crippen LogP contribution in [0.15, 0.2) is 119 Å². The molecule has 0 bridgehead atoms. The van der Waals surface area contributed by atoms with E-state index in [1.807, 2.05) is 0 Å². The largest absolute Gasteiger partial charge is 0.442 e. The van der Waals surface area contributed by atoms with Crippen molar-refractivity contribution in [3.63, 3.8) is 0 Å². The standard InChI is InChI=1S/C33H18F12N2/c34-30(35,36)27(17-18-27)23-9-1-19(2-10-23)20-3-11-24(12-4-20)28(31(37,38)39,32(40,41)42)25-13-5-21(6-14-25)22-7-15-26(16-8-22)29(46-47-29)33(43,44)45/h1-18H. The van der Waals surface area contributed by atoms with Crippen molar-refractivity contribution in [1.82, 2.24) is 0 Å². The van der Waals surface area contributed by atoms with Gasteiger partial charge in [-0.2, -0.15) is 52.7 Å². The Labute approximate surface area is 258 Å². The summed E-state index contributed by atoms with van der Waals surface area (Å²) >= 11 is 0. The highest BCUT2D eigenvalue weighted by atomic mass is 19.4. The lowest BCUT2D eigenvalue weighted by atomic mass is 9.72. The van der Waals surface area contributed by atoms with Crippen LogP contribution in [0.5, 0.6) is 0 Å². The summed E-state index contributed by atoms with van der Waals surface area (Å²) in [6.07, 6.45) is -19.2. The molecule has 0 atom stereocenters. The molecule has 0 saturated heterocycles. The molecule has 4 aromatic rings. The first-order valence-electron chi connectivity index (χ1n) is 13.6. The fraction of sp³-hybridized carbons (Fsp3) is 0.212. The molecule has 2 aliphatic rings. The lowest BCUT2D eigenvalue weighted by Gasteiger charge is -2.38. The van der Waals surface area contributed by atoms with Gasteiger partial charge in [0.05, 0.1) is 0 Å². The smallest absolute Gasteiger partial charge is 0.169 e. The van der Waals surface area contributed by atoms with Crippen LogP contribution in [-0.2, 0) is 16.5 Å². The molecule has 0 unspecified atom stereocenters. The molecule has 0 aromatic heterocycles. The quantitative estimate of drug-likeness (QED) is 0.144. The molecule has 0 N–H and O–H groups in total. The first-order chi connectivity index (χ1) is 21.8. The summed E-state index contributed by atoms with van der Waals surface area (Å²) in [5, 5.41) is 6.17. The second-order valence-electron chi connectivity index (χ2n) is 11.1. The van der Waals surface area contributed by atoms with Crippen molar-refractivity contribution in [2.45, 2.75) is 41.2 Å². The Balaban J connectivity index is 1.33. The minimum atomic E-state index is -5.88. The Kier molecular flexibility index (Phi) is 7.01. The van der Waals surface area contributed by atoms with Crippen molar-refractivity contribution < 1.29 is 52.7 Å². The Morgan fingerprint density at radius 3 is 0.957 bits per heavy atom. The van der Waals surface area contributed by atoms with E-state index in [0.717, 1.165) is 48.6 Å². The van der Waals surface area contributed by atoms with Crippen LogP contribution in [-0.4, -0.2) is 24.7 Å². The third-order valence-corrected chi connectivity index (χ3v) is 8.47. The molecular formula is C33H18F12N2. The van der Waals surface area contributed by atoms with Crippen LogP contribution in [0.1, 0.15) is 22.3 Å². The Morgan fingerprint density at radius 1 is 0.383 bits per heavy atom. The van der Waals surface area contributed by atoms with Gasteiger partial charge in [-0.15, -0.1) is 10.2 Å². The van der Waals surface area contributed by atoms with E-state index >= 15 is 0 Å². The van der Waals surface area contributed by atoms with Crippen molar-refractivity contribution in [3.8, 4) is 22.3 Å². The van der Waals surface area contributed by atoms with Gasteiger partial charge in [0.2, 0.25) is 5.41 Å². The van der Waals surface area contributed by atoms with Crippen LogP contribution in [0.4, 0.5) is 52.7 Å². The average molecular weight is 670 g/mol. The topological polar surface area (TPSA) is 24.7 Å². The minimum Gasteiger partial charge on any atom is -0.169 e. The molecule has 1 aliphatic heterocycles. The molecule has 0 saturated carbocycles. The fourth-order valence-electron chi connectivity index (χ4n) is 5.71. The second-order valence-corrected chi connectivity index (χ2v) is 11.1. The van der Waals surface area contributed by atoms with Gasteiger partial charge < -0.3 is 0 Å². The van der Waals surface area contributed by atoms with Crippen LogP contribution >= 0.6 is 0 Å². The molecule has 1 heterocycles. The predicted octanol–water partition coefficient (Wildman–Crippen LogP) is 11.0. The number of alkyl halides is 12. The number of benzene rings is 4. The van der Waals surface area contributed by atoms with Crippen LogP contribution < -0.4 is 0 Å². The lowest BCUT2D eigenvalue weighted by Crippen LogP contribution is -2.54. The van der Waals surface area contributed by atoms with Crippen molar-refractivity contribution >= 4 is 0 Å². The maximum absolute atomic E-state index is 14.7. The molecule has 4 aromatic carbocycles. The van der Waals surface area contributed by atoms with E-state index in [0.29, 0.717) is 24.3 Å². The number of hydrogen-bond acceptors (Lipinski definition) is 2. The van der Waals surface area contributed by atoms with Crippen molar-refractivity contribution in [3.05, 3.63) is 131 Å². The van der Waals surface area contributed by atoms with Gasteiger partial charge in [0.15, 0.2) is 0 Å². The predicted molar refractivity (Wildman–Crippen MR) is 146 cm³/mol. The van der Waals surface area contributed by atoms with Crippen LogP contribution in [0, 0.1) is 0 Å². The Morgan fingerprint density at radius 2 is 0.702 bits per heavy atom. The first-order valence-corrected chi connectivity index (χ1v) is 13.6. The van der Waals surface area contributed by atoms with Crippen LogP contribution in [0.25, 0.3) is 22.3 Å². The van der Waals surface area contributed by atoms with E-state index in [2.05, 4.69) is 10.2 Å². The number of allylic oxidation sites excluding steroid dienone is 2. The van der Waals surface area contributed by atoms with Gasteiger partial charge in [-0.3, -0.25) is 0 Å².